The van der Waals surface area contributed by atoms with Crippen LogP contribution in [0.4, 0.5) is 5.95 Å². The van der Waals surface area contributed by atoms with Crippen molar-refractivity contribution < 1.29 is 9.47 Å². The second-order valence-electron chi connectivity index (χ2n) is 5.89. The molecule has 1 saturated carbocycles. The molecule has 0 aromatic carbocycles. The van der Waals surface area contributed by atoms with Crippen LogP contribution in [-0.4, -0.2) is 46.4 Å². The van der Waals surface area contributed by atoms with Crippen LogP contribution in [0, 0.1) is 0 Å². The minimum absolute atomic E-state index is 0.0799. The Kier molecular flexibility index (Phi) is 4.17. The van der Waals surface area contributed by atoms with Crippen molar-refractivity contribution in [2.24, 2.45) is 0 Å². The number of aromatic nitrogens is 3. The molecule has 2 fully saturated rings. The van der Waals surface area contributed by atoms with Gasteiger partial charge in [0.05, 0.1) is 31.1 Å². The Bertz CT molecular complexity index is 625. The Morgan fingerprint density at radius 2 is 1.96 bits per heavy atom. The number of nitrogens with zero attached hydrogens (tertiary/aromatic N) is 4. The van der Waals surface area contributed by atoms with Crippen LogP contribution in [-0.2, 0) is 16.1 Å². The number of rotatable bonds is 4. The van der Waals surface area contributed by atoms with Gasteiger partial charge >= 0.3 is 0 Å². The van der Waals surface area contributed by atoms with Crippen LogP contribution in [0.1, 0.15) is 18.5 Å². The molecule has 3 heterocycles. The maximum absolute atomic E-state index is 6.09. The molecular formula is C17H20N4O2. The highest BCUT2D eigenvalue weighted by atomic mass is 16.5. The fourth-order valence-electron chi connectivity index (χ4n) is 3.46. The molecule has 2 aliphatic rings. The second-order valence-corrected chi connectivity index (χ2v) is 5.89. The molecule has 6 heteroatoms. The van der Waals surface area contributed by atoms with Gasteiger partial charge in [-0.15, -0.1) is 0 Å². The molecule has 23 heavy (non-hydrogen) atoms. The summed E-state index contributed by atoms with van der Waals surface area (Å²) in [7, 11) is 0. The molecule has 1 saturated heterocycles. The first-order valence-corrected chi connectivity index (χ1v) is 8.08. The molecule has 0 unspecified atom stereocenters. The quantitative estimate of drug-likeness (QED) is 0.858. The molecule has 120 valence electrons. The van der Waals surface area contributed by atoms with E-state index in [1.807, 2.05) is 24.3 Å². The van der Waals surface area contributed by atoms with Crippen LogP contribution in [0.15, 0.2) is 42.9 Å². The van der Waals surface area contributed by atoms with Gasteiger partial charge in [-0.1, -0.05) is 6.07 Å². The average molecular weight is 312 g/mol. The third-order valence-corrected chi connectivity index (χ3v) is 4.52. The lowest BCUT2D eigenvalue weighted by molar-refractivity contribution is -0.0778. The monoisotopic (exact) mass is 312 g/mol. The highest BCUT2D eigenvalue weighted by Gasteiger charge is 2.44. The van der Waals surface area contributed by atoms with Crippen LogP contribution >= 0.6 is 0 Å². The van der Waals surface area contributed by atoms with E-state index in [0.29, 0.717) is 19.3 Å². The van der Waals surface area contributed by atoms with E-state index >= 15 is 0 Å². The van der Waals surface area contributed by atoms with Gasteiger partial charge in [0.2, 0.25) is 5.95 Å². The molecule has 1 aliphatic heterocycles. The number of morpholine rings is 1. The summed E-state index contributed by atoms with van der Waals surface area (Å²) in [6.07, 6.45) is 7.58. The number of hydrogen-bond donors (Lipinski definition) is 0. The first kappa shape index (κ1) is 14.5. The van der Waals surface area contributed by atoms with Gasteiger partial charge in [0, 0.05) is 25.1 Å². The minimum Gasteiger partial charge on any atom is -0.372 e. The molecule has 0 N–H and O–H groups in total. The van der Waals surface area contributed by atoms with Crippen molar-refractivity contribution >= 4 is 5.95 Å². The van der Waals surface area contributed by atoms with Crippen molar-refractivity contribution in [2.45, 2.75) is 37.7 Å². The molecule has 2 aromatic heterocycles. The zero-order valence-corrected chi connectivity index (χ0v) is 12.9. The fourth-order valence-corrected chi connectivity index (χ4v) is 3.46. The molecule has 0 radical (unpaired) electrons. The van der Waals surface area contributed by atoms with Gasteiger partial charge in [-0.05, 0) is 31.0 Å². The smallest absolute Gasteiger partial charge is 0.225 e. The predicted molar refractivity (Wildman–Crippen MR) is 85.0 cm³/mol. The Hall–Kier alpha value is -2.05. The molecule has 3 atom stereocenters. The van der Waals surface area contributed by atoms with Crippen LogP contribution in [0.3, 0.4) is 0 Å². The van der Waals surface area contributed by atoms with Gasteiger partial charge < -0.3 is 14.4 Å². The highest BCUT2D eigenvalue weighted by Crippen LogP contribution is 2.33. The first-order chi connectivity index (χ1) is 11.4. The second kappa shape index (κ2) is 6.60. The van der Waals surface area contributed by atoms with Gasteiger partial charge in [0.15, 0.2) is 0 Å². The zero-order chi connectivity index (χ0) is 15.5. The van der Waals surface area contributed by atoms with Gasteiger partial charge in [0.25, 0.3) is 0 Å². The maximum Gasteiger partial charge on any atom is 0.225 e. The van der Waals surface area contributed by atoms with Crippen LogP contribution in [0.2, 0.25) is 0 Å². The van der Waals surface area contributed by atoms with E-state index in [0.717, 1.165) is 31.0 Å². The molecule has 2 aromatic rings. The third kappa shape index (κ3) is 3.04. The van der Waals surface area contributed by atoms with Crippen molar-refractivity contribution in [3.05, 3.63) is 48.5 Å². The number of pyridine rings is 1. The SMILES string of the molecule is c1ccc(CO[C@@H]2CC[C@@H]3[C@@H]2OCCN3c2ncccn2)nc1. The molecular weight excluding hydrogens is 292 g/mol. The fraction of sp³-hybridized carbons (Fsp3) is 0.471. The minimum atomic E-state index is 0.0799. The van der Waals surface area contributed by atoms with Crippen LogP contribution in [0.25, 0.3) is 0 Å². The summed E-state index contributed by atoms with van der Waals surface area (Å²) in [5, 5.41) is 0. The molecule has 0 amide bonds. The van der Waals surface area contributed by atoms with E-state index in [1.54, 1.807) is 18.6 Å². The molecule has 1 aliphatic carbocycles. The summed E-state index contributed by atoms with van der Waals surface area (Å²) < 4.78 is 12.1. The number of hydrogen-bond acceptors (Lipinski definition) is 6. The lowest BCUT2D eigenvalue weighted by Gasteiger charge is -2.38. The third-order valence-electron chi connectivity index (χ3n) is 4.52. The van der Waals surface area contributed by atoms with Crippen LogP contribution in [0.5, 0.6) is 0 Å². The topological polar surface area (TPSA) is 60.4 Å². The Morgan fingerprint density at radius 1 is 1.09 bits per heavy atom. The van der Waals surface area contributed by atoms with E-state index in [-0.39, 0.29) is 12.2 Å². The van der Waals surface area contributed by atoms with E-state index in [2.05, 4.69) is 19.9 Å². The summed E-state index contributed by atoms with van der Waals surface area (Å²) in [5.74, 6) is 0.788. The number of ether oxygens (including phenoxy) is 2. The zero-order valence-electron chi connectivity index (χ0n) is 12.9. The van der Waals surface area contributed by atoms with Gasteiger partial charge in [-0.25, -0.2) is 9.97 Å². The summed E-state index contributed by atoms with van der Waals surface area (Å²) >= 11 is 0. The molecule has 0 spiro atoms. The largest absolute Gasteiger partial charge is 0.372 e. The maximum atomic E-state index is 6.09. The van der Waals surface area contributed by atoms with Crippen molar-refractivity contribution in [1.82, 2.24) is 15.0 Å². The van der Waals surface area contributed by atoms with Crippen molar-refractivity contribution in [2.75, 3.05) is 18.1 Å². The Balaban J connectivity index is 1.43. The summed E-state index contributed by atoms with van der Waals surface area (Å²) in [5.41, 5.74) is 0.954. The van der Waals surface area contributed by atoms with Gasteiger partial charge in [-0.2, -0.15) is 0 Å². The first-order valence-electron chi connectivity index (χ1n) is 8.08. The summed E-state index contributed by atoms with van der Waals surface area (Å²) in [6, 6.07) is 8.01. The van der Waals surface area contributed by atoms with Crippen LogP contribution < -0.4 is 4.90 Å². The normalized spacial score (nSPS) is 27.0. The lowest BCUT2D eigenvalue weighted by atomic mass is 10.1. The predicted octanol–water partition coefficient (Wildman–Crippen LogP) is 1.82. The average Bonchev–Trinajstić information content (AvgIpc) is 3.05. The van der Waals surface area contributed by atoms with Gasteiger partial charge in [0.1, 0.15) is 6.10 Å². The number of fused-ring (bicyclic) bond motifs is 1. The lowest BCUT2D eigenvalue weighted by Crippen LogP contribution is -2.52. The standard InChI is InChI=1S/C17H20N4O2/c1-2-7-18-13(4-1)12-23-15-6-5-14-16(15)22-11-10-21(14)17-19-8-3-9-20-17/h1-4,7-9,14-16H,5-6,10-12H2/t14-,15-,16+/m1/s1. The summed E-state index contributed by atoms with van der Waals surface area (Å²) in [6.45, 7) is 2.04. The van der Waals surface area contributed by atoms with Gasteiger partial charge in [-0.3, -0.25) is 4.98 Å². The van der Waals surface area contributed by atoms with E-state index in [1.165, 1.54) is 0 Å². The number of anilines is 1. The van der Waals surface area contributed by atoms with Crippen molar-refractivity contribution in [3.8, 4) is 0 Å². The van der Waals surface area contributed by atoms with E-state index in [9.17, 15) is 0 Å². The van der Waals surface area contributed by atoms with Crippen molar-refractivity contribution in [3.63, 3.8) is 0 Å². The molecule has 0 bridgehead atoms. The van der Waals surface area contributed by atoms with E-state index < -0.39 is 0 Å². The molecule has 4 rings (SSSR count). The van der Waals surface area contributed by atoms with E-state index in [4.69, 9.17) is 9.47 Å². The highest BCUT2D eigenvalue weighted by molar-refractivity contribution is 5.33. The molecule has 6 nitrogen and oxygen atoms in total. The summed E-state index contributed by atoms with van der Waals surface area (Å²) in [4.78, 5) is 15.4. The Morgan fingerprint density at radius 3 is 2.78 bits per heavy atom. The Labute approximate surface area is 135 Å². The van der Waals surface area contributed by atoms with Crippen molar-refractivity contribution in [1.29, 1.82) is 0 Å².